The first-order valence-electron chi connectivity index (χ1n) is 6.57. The molecule has 19 heavy (non-hydrogen) atoms. The second-order valence-electron chi connectivity index (χ2n) is 5.94. The van der Waals surface area contributed by atoms with Gasteiger partial charge in [0.25, 0.3) is 0 Å². The van der Waals surface area contributed by atoms with Crippen LogP contribution in [-0.2, 0) is 28.7 Å². The summed E-state index contributed by atoms with van der Waals surface area (Å²) in [6.45, 7) is 0. The lowest BCUT2D eigenvalue weighted by Crippen LogP contribution is -2.35. The summed E-state index contributed by atoms with van der Waals surface area (Å²) in [5.41, 5.74) is 0. The van der Waals surface area contributed by atoms with Gasteiger partial charge in [-0.3, -0.25) is 19.2 Å². The topological polar surface area (TPSA) is 86.7 Å². The van der Waals surface area contributed by atoms with E-state index in [1.165, 1.54) is 0 Å². The molecule has 4 aliphatic rings. The minimum Gasteiger partial charge on any atom is -0.393 e. The van der Waals surface area contributed by atoms with Crippen LogP contribution < -0.4 is 0 Å². The lowest BCUT2D eigenvalue weighted by atomic mass is 9.67. The normalized spacial score (nSPS) is 47.6. The summed E-state index contributed by atoms with van der Waals surface area (Å²) in [5, 5.41) is 0. The van der Waals surface area contributed by atoms with Crippen LogP contribution in [0.2, 0.25) is 0 Å². The smallest absolute Gasteiger partial charge is 0.317 e. The molecule has 6 heteroatoms. The quantitative estimate of drug-likeness (QED) is 0.454. The predicted octanol–water partition coefficient (Wildman–Crippen LogP) is 0.0479. The summed E-state index contributed by atoms with van der Waals surface area (Å²) in [6, 6.07) is 0. The summed E-state index contributed by atoms with van der Waals surface area (Å²) in [6.07, 6.45) is 1.43. The zero-order valence-corrected chi connectivity index (χ0v) is 10.0. The van der Waals surface area contributed by atoms with E-state index in [4.69, 9.17) is 4.74 Å². The molecule has 0 N–H and O–H groups in total. The van der Waals surface area contributed by atoms with Crippen molar-refractivity contribution in [3.05, 3.63) is 0 Å². The summed E-state index contributed by atoms with van der Waals surface area (Å²) in [7, 11) is 0. The molecule has 0 spiro atoms. The SMILES string of the molecule is O=C1OC(=O)C2CC3C4CC(C(=O)OC4=O)C3CC12. The Balaban J connectivity index is 1.70. The summed E-state index contributed by atoms with van der Waals surface area (Å²) in [5.74, 6) is -3.40. The second-order valence-corrected chi connectivity index (χ2v) is 5.94. The van der Waals surface area contributed by atoms with Crippen LogP contribution in [0.25, 0.3) is 0 Å². The van der Waals surface area contributed by atoms with Crippen molar-refractivity contribution in [2.75, 3.05) is 0 Å². The van der Waals surface area contributed by atoms with Gasteiger partial charge in [-0.05, 0) is 31.1 Å². The van der Waals surface area contributed by atoms with Gasteiger partial charge in [0, 0.05) is 0 Å². The maximum absolute atomic E-state index is 11.7. The van der Waals surface area contributed by atoms with E-state index in [2.05, 4.69) is 4.74 Å². The van der Waals surface area contributed by atoms with Gasteiger partial charge in [-0.25, -0.2) is 0 Å². The minimum atomic E-state index is -0.477. The first-order valence-corrected chi connectivity index (χ1v) is 6.57. The number of ether oxygens (including phenoxy) is 2. The number of cyclic esters (lactones) is 4. The molecule has 0 radical (unpaired) electrons. The average molecular weight is 264 g/mol. The van der Waals surface area contributed by atoms with E-state index in [0.717, 1.165) is 0 Å². The zero-order valence-electron chi connectivity index (χ0n) is 10.0. The van der Waals surface area contributed by atoms with Crippen LogP contribution in [0.4, 0.5) is 0 Å². The van der Waals surface area contributed by atoms with Crippen molar-refractivity contribution >= 4 is 23.9 Å². The molecule has 2 aliphatic carbocycles. The van der Waals surface area contributed by atoms with Gasteiger partial charge in [-0.15, -0.1) is 0 Å². The second kappa shape index (κ2) is 3.43. The van der Waals surface area contributed by atoms with Crippen molar-refractivity contribution in [3.8, 4) is 0 Å². The molecule has 2 aliphatic heterocycles. The molecule has 2 saturated heterocycles. The summed E-state index contributed by atoms with van der Waals surface area (Å²) in [4.78, 5) is 46.7. The first-order chi connectivity index (χ1) is 9.06. The third-order valence-corrected chi connectivity index (χ3v) is 5.24. The molecule has 2 heterocycles. The first kappa shape index (κ1) is 11.1. The standard InChI is InChI=1S/C13H12O6/c14-10-6-3-7(11(15)18-10)5-2-9-8(1-4(5)6)12(16)19-13(9)17/h4-9H,1-3H2. The van der Waals surface area contributed by atoms with Crippen LogP contribution >= 0.6 is 0 Å². The largest absolute Gasteiger partial charge is 0.393 e. The van der Waals surface area contributed by atoms with E-state index < -0.39 is 35.7 Å². The van der Waals surface area contributed by atoms with Gasteiger partial charge >= 0.3 is 23.9 Å². The molecule has 2 saturated carbocycles. The summed E-state index contributed by atoms with van der Waals surface area (Å²) >= 11 is 0. The molecule has 4 rings (SSSR count). The van der Waals surface area contributed by atoms with E-state index in [-0.39, 0.29) is 23.7 Å². The predicted molar refractivity (Wildman–Crippen MR) is 57.0 cm³/mol. The molecule has 0 aromatic carbocycles. The van der Waals surface area contributed by atoms with Crippen molar-refractivity contribution in [1.29, 1.82) is 0 Å². The van der Waals surface area contributed by atoms with Crippen LogP contribution in [0, 0.1) is 35.5 Å². The van der Waals surface area contributed by atoms with Gasteiger partial charge in [-0.1, -0.05) is 0 Å². The van der Waals surface area contributed by atoms with Crippen molar-refractivity contribution in [3.63, 3.8) is 0 Å². The maximum atomic E-state index is 11.7. The fraction of sp³-hybridized carbons (Fsp3) is 0.692. The number of esters is 4. The van der Waals surface area contributed by atoms with Gasteiger partial charge < -0.3 is 9.47 Å². The van der Waals surface area contributed by atoms with Crippen LogP contribution in [0.1, 0.15) is 19.3 Å². The molecule has 6 atom stereocenters. The molecule has 4 fully saturated rings. The Labute approximate surface area is 108 Å². The number of hydrogen-bond acceptors (Lipinski definition) is 6. The van der Waals surface area contributed by atoms with Gasteiger partial charge in [0.1, 0.15) is 0 Å². The van der Waals surface area contributed by atoms with Crippen LogP contribution in [0.5, 0.6) is 0 Å². The van der Waals surface area contributed by atoms with Gasteiger partial charge in [-0.2, -0.15) is 0 Å². The maximum Gasteiger partial charge on any atom is 0.317 e. The highest BCUT2D eigenvalue weighted by Gasteiger charge is 2.61. The van der Waals surface area contributed by atoms with Crippen LogP contribution in [0.15, 0.2) is 0 Å². The Hall–Kier alpha value is -1.72. The minimum absolute atomic E-state index is 0.0244. The van der Waals surface area contributed by atoms with E-state index >= 15 is 0 Å². The zero-order chi connectivity index (χ0) is 13.3. The van der Waals surface area contributed by atoms with Crippen molar-refractivity contribution < 1.29 is 28.7 Å². The van der Waals surface area contributed by atoms with E-state index in [0.29, 0.717) is 19.3 Å². The fourth-order valence-electron chi connectivity index (χ4n) is 4.38. The highest BCUT2D eigenvalue weighted by atomic mass is 16.6. The monoisotopic (exact) mass is 264 g/mol. The molecule has 100 valence electrons. The highest BCUT2D eigenvalue weighted by Crippen LogP contribution is 2.56. The third kappa shape index (κ3) is 1.31. The summed E-state index contributed by atoms with van der Waals surface area (Å²) < 4.78 is 9.43. The Morgan fingerprint density at radius 3 is 1.37 bits per heavy atom. The number of fused-ring (bicyclic) bond motifs is 6. The Bertz CT molecular complexity index is 479. The molecule has 2 bridgehead atoms. The van der Waals surface area contributed by atoms with Gasteiger partial charge in [0.2, 0.25) is 0 Å². The number of carbonyl (C=O) groups excluding carboxylic acids is 4. The van der Waals surface area contributed by atoms with Crippen molar-refractivity contribution in [2.45, 2.75) is 19.3 Å². The lowest BCUT2D eigenvalue weighted by Gasteiger charge is -2.32. The van der Waals surface area contributed by atoms with E-state index in [1.54, 1.807) is 0 Å². The fourth-order valence-corrected chi connectivity index (χ4v) is 4.38. The van der Waals surface area contributed by atoms with Crippen molar-refractivity contribution in [1.82, 2.24) is 0 Å². The lowest BCUT2D eigenvalue weighted by molar-refractivity contribution is -0.169. The van der Waals surface area contributed by atoms with E-state index in [9.17, 15) is 19.2 Å². The Kier molecular flexibility index (Phi) is 2.01. The molecule has 6 unspecified atom stereocenters. The molecular weight excluding hydrogens is 252 g/mol. The molecule has 0 aromatic rings. The van der Waals surface area contributed by atoms with Crippen molar-refractivity contribution in [2.24, 2.45) is 35.5 Å². The Morgan fingerprint density at radius 1 is 0.579 bits per heavy atom. The van der Waals surface area contributed by atoms with Crippen LogP contribution in [-0.4, -0.2) is 23.9 Å². The Morgan fingerprint density at radius 2 is 0.947 bits per heavy atom. The average Bonchev–Trinajstić information content (AvgIpc) is 2.84. The van der Waals surface area contributed by atoms with Gasteiger partial charge in [0.15, 0.2) is 0 Å². The van der Waals surface area contributed by atoms with Crippen LogP contribution in [0.3, 0.4) is 0 Å². The third-order valence-electron chi connectivity index (χ3n) is 5.24. The number of hydrogen-bond donors (Lipinski definition) is 0. The molecule has 0 amide bonds. The highest BCUT2D eigenvalue weighted by molar-refractivity contribution is 5.97. The molecule has 6 nitrogen and oxygen atoms in total. The number of rotatable bonds is 0. The van der Waals surface area contributed by atoms with Gasteiger partial charge in [0.05, 0.1) is 23.7 Å². The van der Waals surface area contributed by atoms with E-state index in [1.807, 2.05) is 0 Å². The molecule has 0 aromatic heterocycles. The molecular formula is C13H12O6. The number of carbonyl (C=O) groups is 4.